The van der Waals surface area contributed by atoms with Gasteiger partial charge in [-0.3, -0.25) is 9.55 Å². The standard InChI is InChI=1S/C10H11ClN4O/c11-6-3-8-9(13-4-6)14-10(16)15(8)7-1-2-12-5-7/h3-4,7,12H,1-2,5H2,(H,13,14,16). The van der Waals surface area contributed by atoms with Crippen LogP contribution in [0.4, 0.5) is 0 Å². The SMILES string of the molecule is O=c1[nH]c2ncc(Cl)cc2n1C1CCNC1. The molecule has 84 valence electrons. The Morgan fingerprint density at radius 1 is 1.56 bits per heavy atom. The molecule has 0 bridgehead atoms. The van der Waals surface area contributed by atoms with E-state index in [2.05, 4.69) is 15.3 Å². The van der Waals surface area contributed by atoms with Crippen LogP contribution < -0.4 is 11.0 Å². The molecule has 1 atom stereocenters. The van der Waals surface area contributed by atoms with Gasteiger partial charge in [-0.25, -0.2) is 9.78 Å². The van der Waals surface area contributed by atoms with E-state index in [-0.39, 0.29) is 11.7 Å². The van der Waals surface area contributed by atoms with Crippen molar-refractivity contribution in [3.05, 3.63) is 27.8 Å². The first-order chi connectivity index (χ1) is 7.75. The van der Waals surface area contributed by atoms with Crippen LogP contribution in [0, 0.1) is 0 Å². The number of aromatic nitrogens is 3. The average molecular weight is 239 g/mol. The highest BCUT2D eigenvalue weighted by atomic mass is 35.5. The Balaban J connectivity index is 2.25. The van der Waals surface area contributed by atoms with E-state index in [1.54, 1.807) is 10.6 Å². The van der Waals surface area contributed by atoms with Crippen molar-refractivity contribution in [2.75, 3.05) is 13.1 Å². The lowest BCUT2D eigenvalue weighted by Crippen LogP contribution is -2.23. The zero-order valence-corrected chi connectivity index (χ0v) is 9.29. The molecule has 1 aliphatic heterocycles. The summed E-state index contributed by atoms with van der Waals surface area (Å²) < 4.78 is 1.74. The van der Waals surface area contributed by atoms with Gasteiger partial charge < -0.3 is 5.32 Å². The van der Waals surface area contributed by atoms with Crippen LogP contribution >= 0.6 is 11.6 Å². The summed E-state index contributed by atoms with van der Waals surface area (Å²) in [6.45, 7) is 1.76. The molecule has 1 saturated heterocycles. The first-order valence-electron chi connectivity index (χ1n) is 5.22. The van der Waals surface area contributed by atoms with Crippen molar-refractivity contribution in [3.63, 3.8) is 0 Å². The Morgan fingerprint density at radius 3 is 3.19 bits per heavy atom. The fraction of sp³-hybridized carbons (Fsp3) is 0.400. The highest BCUT2D eigenvalue weighted by molar-refractivity contribution is 6.31. The Labute approximate surface area is 96.4 Å². The van der Waals surface area contributed by atoms with Crippen molar-refractivity contribution in [2.45, 2.75) is 12.5 Å². The highest BCUT2D eigenvalue weighted by Gasteiger charge is 2.21. The molecule has 0 spiro atoms. The highest BCUT2D eigenvalue weighted by Crippen LogP contribution is 2.20. The Hall–Kier alpha value is -1.33. The minimum absolute atomic E-state index is 0.113. The fourth-order valence-corrected chi connectivity index (χ4v) is 2.35. The molecule has 16 heavy (non-hydrogen) atoms. The monoisotopic (exact) mass is 238 g/mol. The maximum atomic E-state index is 11.8. The van der Waals surface area contributed by atoms with E-state index >= 15 is 0 Å². The third-order valence-corrected chi connectivity index (χ3v) is 3.14. The molecule has 1 fully saturated rings. The van der Waals surface area contributed by atoms with Crippen LogP contribution in [-0.4, -0.2) is 27.6 Å². The van der Waals surface area contributed by atoms with Gasteiger partial charge in [-0.1, -0.05) is 11.6 Å². The molecule has 2 aromatic heterocycles. The van der Waals surface area contributed by atoms with Gasteiger partial charge in [-0.2, -0.15) is 0 Å². The first-order valence-corrected chi connectivity index (χ1v) is 5.60. The van der Waals surface area contributed by atoms with Crippen molar-refractivity contribution in [3.8, 4) is 0 Å². The third kappa shape index (κ3) is 1.44. The summed E-state index contributed by atoms with van der Waals surface area (Å²) in [4.78, 5) is 18.7. The number of halogens is 1. The summed E-state index contributed by atoms with van der Waals surface area (Å²) in [6.07, 6.45) is 2.50. The van der Waals surface area contributed by atoms with Gasteiger partial charge in [0.05, 0.1) is 16.6 Å². The molecule has 0 aromatic carbocycles. The quantitative estimate of drug-likeness (QED) is 0.777. The summed E-state index contributed by atoms with van der Waals surface area (Å²) in [6, 6.07) is 1.97. The van der Waals surface area contributed by atoms with Crippen molar-refractivity contribution >= 4 is 22.8 Å². The summed E-state index contributed by atoms with van der Waals surface area (Å²) in [7, 11) is 0. The second-order valence-corrected chi connectivity index (χ2v) is 4.40. The molecular formula is C10H11ClN4O. The molecule has 0 aliphatic carbocycles. The van der Waals surface area contributed by atoms with Gasteiger partial charge in [0.1, 0.15) is 0 Å². The molecule has 1 aliphatic rings. The van der Waals surface area contributed by atoms with Crippen molar-refractivity contribution in [2.24, 2.45) is 0 Å². The van der Waals surface area contributed by atoms with E-state index in [9.17, 15) is 4.79 Å². The molecule has 0 radical (unpaired) electrons. The van der Waals surface area contributed by atoms with Gasteiger partial charge in [0.15, 0.2) is 5.65 Å². The number of hydrogen-bond acceptors (Lipinski definition) is 3. The van der Waals surface area contributed by atoms with E-state index in [0.717, 1.165) is 25.0 Å². The number of nitrogens with zero attached hydrogens (tertiary/aromatic N) is 2. The van der Waals surface area contributed by atoms with Crippen LogP contribution in [-0.2, 0) is 0 Å². The van der Waals surface area contributed by atoms with E-state index in [4.69, 9.17) is 11.6 Å². The van der Waals surface area contributed by atoms with E-state index < -0.39 is 0 Å². The molecule has 0 amide bonds. The van der Waals surface area contributed by atoms with Crippen LogP contribution in [0.3, 0.4) is 0 Å². The second kappa shape index (κ2) is 3.61. The summed E-state index contributed by atoms with van der Waals surface area (Å²) in [5, 5.41) is 3.79. The number of H-pyrrole nitrogens is 1. The molecule has 5 nitrogen and oxygen atoms in total. The van der Waals surface area contributed by atoms with Gasteiger partial charge in [-0.05, 0) is 19.0 Å². The summed E-state index contributed by atoms with van der Waals surface area (Å²) in [5.41, 5.74) is 1.27. The van der Waals surface area contributed by atoms with Gasteiger partial charge in [-0.15, -0.1) is 0 Å². The normalized spacial score (nSPS) is 20.7. The summed E-state index contributed by atoms with van der Waals surface area (Å²) in [5.74, 6) is 0. The lowest BCUT2D eigenvalue weighted by Gasteiger charge is -2.09. The summed E-state index contributed by atoms with van der Waals surface area (Å²) >= 11 is 5.90. The lowest BCUT2D eigenvalue weighted by atomic mass is 10.2. The molecule has 2 aromatic rings. The van der Waals surface area contributed by atoms with Crippen LogP contribution in [0.1, 0.15) is 12.5 Å². The van der Waals surface area contributed by atoms with Gasteiger partial charge in [0.25, 0.3) is 0 Å². The Kier molecular flexibility index (Phi) is 2.22. The molecule has 3 rings (SSSR count). The predicted molar refractivity (Wildman–Crippen MR) is 61.9 cm³/mol. The molecule has 2 N–H and O–H groups in total. The van der Waals surface area contributed by atoms with Crippen LogP contribution in [0.25, 0.3) is 11.2 Å². The van der Waals surface area contributed by atoms with Crippen LogP contribution in [0.15, 0.2) is 17.1 Å². The van der Waals surface area contributed by atoms with Crippen LogP contribution in [0.5, 0.6) is 0 Å². The fourth-order valence-electron chi connectivity index (χ4n) is 2.20. The number of imidazole rings is 1. The Bertz CT molecular complexity index is 582. The molecule has 6 heteroatoms. The van der Waals surface area contributed by atoms with Crippen LogP contribution in [0.2, 0.25) is 5.02 Å². The average Bonchev–Trinajstić information content (AvgIpc) is 2.83. The van der Waals surface area contributed by atoms with Crippen molar-refractivity contribution < 1.29 is 0 Å². The number of aromatic amines is 1. The maximum Gasteiger partial charge on any atom is 0.327 e. The van der Waals surface area contributed by atoms with Crippen molar-refractivity contribution in [1.82, 2.24) is 19.9 Å². The smallest absolute Gasteiger partial charge is 0.315 e. The van der Waals surface area contributed by atoms with E-state index in [0.29, 0.717) is 10.7 Å². The number of fused-ring (bicyclic) bond motifs is 1. The minimum Gasteiger partial charge on any atom is -0.315 e. The lowest BCUT2D eigenvalue weighted by molar-refractivity contribution is 0.546. The molecule has 0 saturated carbocycles. The van der Waals surface area contributed by atoms with E-state index in [1.807, 2.05) is 0 Å². The maximum absolute atomic E-state index is 11.8. The van der Waals surface area contributed by atoms with E-state index in [1.165, 1.54) is 6.20 Å². The predicted octanol–water partition coefficient (Wildman–Crippen LogP) is 0.912. The second-order valence-electron chi connectivity index (χ2n) is 3.97. The number of nitrogens with one attached hydrogen (secondary N) is 2. The molecule has 1 unspecified atom stereocenters. The zero-order chi connectivity index (χ0) is 11.1. The topological polar surface area (TPSA) is 62.7 Å². The minimum atomic E-state index is -0.113. The van der Waals surface area contributed by atoms with Gasteiger partial charge in [0, 0.05) is 12.7 Å². The molecular weight excluding hydrogens is 228 g/mol. The third-order valence-electron chi connectivity index (χ3n) is 2.94. The first kappa shape index (κ1) is 9.86. The number of pyridine rings is 1. The van der Waals surface area contributed by atoms with Gasteiger partial charge >= 0.3 is 5.69 Å². The number of rotatable bonds is 1. The largest absolute Gasteiger partial charge is 0.327 e. The number of hydrogen-bond donors (Lipinski definition) is 2. The Morgan fingerprint density at radius 2 is 2.44 bits per heavy atom. The molecule has 3 heterocycles. The van der Waals surface area contributed by atoms with Crippen molar-refractivity contribution in [1.29, 1.82) is 0 Å². The zero-order valence-electron chi connectivity index (χ0n) is 8.53. The van der Waals surface area contributed by atoms with Gasteiger partial charge in [0.2, 0.25) is 0 Å².